The van der Waals surface area contributed by atoms with E-state index in [2.05, 4.69) is 24.3 Å². The molecule has 0 saturated heterocycles. The summed E-state index contributed by atoms with van der Waals surface area (Å²) < 4.78 is 17.0. The molecular weight excluding hydrogens is 454 g/mol. The molecular formula is C30H33NO5. The third kappa shape index (κ3) is 6.52. The molecule has 0 heterocycles. The first-order valence-corrected chi connectivity index (χ1v) is 12.3. The lowest BCUT2D eigenvalue weighted by Crippen LogP contribution is -2.40. The molecule has 0 unspecified atom stereocenters. The van der Waals surface area contributed by atoms with Crippen LogP contribution in [0.15, 0.2) is 78.9 Å². The van der Waals surface area contributed by atoms with Gasteiger partial charge in [0.25, 0.3) is 0 Å². The van der Waals surface area contributed by atoms with Crippen molar-refractivity contribution in [2.24, 2.45) is 0 Å². The number of amides is 1. The number of hydrogen-bond donors (Lipinski definition) is 0. The molecule has 4 rings (SSSR count). The van der Waals surface area contributed by atoms with Gasteiger partial charge in [0.15, 0.2) is 0 Å². The summed E-state index contributed by atoms with van der Waals surface area (Å²) in [5.74, 6) is -0.554. The second kappa shape index (κ2) is 11.4. The van der Waals surface area contributed by atoms with Gasteiger partial charge in [-0.2, -0.15) is 0 Å². The van der Waals surface area contributed by atoms with Gasteiger partial charge in [-0.1, -0.05) is 78.9 Å². The molecule has 0 radical (unpaired) electrons. The fraction of sp³-hybridized carbons (Fsp3) is 0.333. The van der Waals surface area contributed by atoms with Crippen molar-refractivity contribution in [3.8, 4) is 11.1 Å². The molecule has 3 aromatic rings. The molecule has 0 spiro atoms. The van der Waals surface area contributed by atoms with E-state index in [9.17, 15) is 9.59 Å². The molecule has 0 aromatic heterocycles. The Hall–Kier alpha value is -3.64. The van der Waals surface area contributed by atoms with E-state index in [-0.39, 0.29) is 44.4 Å². The number of carbonyl (C=O) groups is 2. The molecule has 0 aliphatic heterocycles. The van der Waals surface area contributed by atoms with E-state index in [1.54, 1.807) is 0 Å². The van der Waals surface area contributed by atoms with Gasteiger partial charge in [-0.3, -0.25) is 9.69 Å². The Labute approximate surface area is 212 Å². The second-order valence-corrected chi connectivity index (χ2v) is 9.83. The number of esters is 1. The molecule has 188 valence electrons. The van der Waals surface area contributed by atoms with E-state index in [4.69, 9.17) is 14.2 Å². The topological polar surface area (TPSA) is 65.1 Å². The molecule has 6 nitrogen and oxygen atoms in total. The summed E-state index contributed by atoms with van der Waals surface area (Å²) in [5.41, 5.74) is 5.12. The maximum Gasteiger partial charge on any atom is 0.410 e. The summed E-state index contributed by atoms with van der Waals surface area (Å²) in [4.78, 5) is 27.0. The van der Waals surface area contributed by atoms with Crippen molar-refractivity contribution in [2.75, 3.05) is 26.3 Å². The minimum Gasteiger partial charge on any atom is -0.459 e. The zero-order valence-corrected chi connectivity index (χ0v) is 21.1. The number of hydrogen-bond acceptors (Lipinski definition) is 5. The van der Waals surface area contributed by atoms with Crippen LogP contribution in [0.3, 0.4) is 0 Å². The lowest BCUT2D eigenvalue weighted by molar-refractivity contribution is -0.146. The summed E-state index contributed by atoms with van der Waals surface area (Å²) in [6, 6.07) is 25.8. The van der Waals surface area contributed by atoms with Gasteiger partial charge < -0.3 is 14.2 Å². The maximum atomic E-state index is 13.1. The van der Waals surface area contributed by atoms with Crippen LogP contribution in [0.2, 0.25) is 0 Å². The monoisotopic (exact) mass is 487 g/mol. The van der Waals surface area contributed by atoms with Gasteiger partial charge in [-0.05, 0) is 48.6 Å². The van der Waals surface area contributed by atoms with Crippen LogP contribution >= 0.6 is 0 Å². The molecule has 1 aliphatic rings. The third-order valence-corrected chi connectivity index (χ3v) is 6.05. The fourth-order valence-corrected chi connectivity index (χ4v) is 4.32. The number of ether oxygens (including phenoxy) is 3. The first-order valence-electron chi connectivity index (χ1n) is 12.3. The van der Waals surface area contributed by atoms with Crippen LogP contribution in [0, 0.1) is 0 Å². The zero-order chi connectivity index (χ0) is 25.5. The number of nitrogens with zero attached hydrogens (tertiary/aromatic N) is 1. The van der Waals surface area contributed by atoms with Crippen molar-refractivity contribution in [3.05, 3.63) is 95.6 Å². The van der Waals surface area contributed by atoms with Crippen molar-refractivity contribution < 1.29 is 23.8 Å². The maximum absolute atomic E-state index is 13.1. The molecule has 0 atom stereocenters. The molecule has 0 bridgehead atoms. The van der Waals surface area contributed by atoms with E-state index in [0.29, 0.717) is 0 Å². The number of carbonyl (C=O) groups excluding carboxylic acids is 2. The molecule has 1 amide bonds. The Balaban J connectivity index is 1.41. The smallest absolute Gasteiger partial charge is 0.410 e. The lowest BCUT2D eigenvalue weighted by Gasteiger charge is -2.25. The van der Waals surface area contributed by atoms with Crippen LogP contribution in [0.5, 0.6) is 0 Å². The quantitative estimate of drug-likeness (QED) is 0.357. The molecule has 1 aliphatic carbocycles. The number of benzene rings is 3. The first kappa shape index (κ1) is 25.5. The van der Waals surface area contributed by atoms with Crippen LogP contribution in [-0.2, 0) is 25.6 Å². The van der Waals surface area contributed by atoms with E-state index in [1.165, 1.54) is 4.90 Å². The molecule has 0 fully saturated rings. The predicted molar refractivity (Wildman–Crippen MR) is 139 cm³/mol. The van der Waals surface area contributed by atoms with Crippen molar-refractivity contribution in [3.63, 3.8) is 0 Å². The predicted octanol–water partition coefficient (Wildman–Crippen LogP) is 5.80. The Morgan fingerprint density at radius 2 is 1.39 bits per heavy atom. The van der Waals surface area contributed by atoms with Crippen LogP contribution in [0.1, 0.15) is 43.4 Å². The van der Waals surface area contributed by atoms with E-state index in [1.807, 2.05) is 75.4 Å². The Morgan fingerprint density at radius 3 is 2.00 bits per heavy atom. The Kier molecular flexibility index (Phi) is 8.06. The average molecular weight is 488 g/mol. The summed E-state index contributed by atoms with van der Waals surface area (Å²) in [6.45, 7) is 6.45. The highest BCUT2D eigenvalue weighted by Crippen LogP contribution is 2.44. The molecule has 0 N–H and O–H groups in total. The van der Waals surface area contributed by atoms with Gasteiger partial charge in [-0.15, -0.1) is 0 Å². The van der Waals surface area contributed by atoms with E-state index < -0.39 is 12.1 Å². The summed E-state index contributed by atoms with van der Waals surface area (Å²) in [6.07, 6.45) is -0.564. The highest BCUT2D eigenvalue weighted by atomic mass is 16.6. The minimum atomic E-state index is -0.564. The van der Waals surface area contributed by atoms with Crippen LogP contribution in [-0.4, -0.2) is 48.9 Å². The standard InChI is InChI=1S/C30H33NO5/c1-30(2,3)36-18-17-31(19-28(32)34-20-22-11-5-4-6-12-22)29(33)35-21-27-25-15-9-7-13-23(25)24-14-8-10-16-26(24)27/h4-16,27H,17-21H2,1-3H3. The molecule has 36 heavy (non-hydrogen) atoms. The fourth-order valence-electron chi connectivity index (χ4n) is 4.32. The van der Waals surface area contributed by atoms with Crippen LogP contribution < -0.4 is 0 Å². The average Bonchev–Trinajstić information content (AvgIpc) is 3.19. The second-order valence-electron chi connectivity index (χ2n) is 9.83. The normalized spacial score (nSPS) is 12.5. The number of rotatable bonds is 9. The summed E-state index contributed by atoms with van der Waals surface area (Å²) in [5, 5.41) is 0. The van der Waals surface area contributed by atoms with Crippen molar-refractivity contribution in [2.45, 2.75) is 38.9 Å². The van der Waals surface area contributed by atoms with Gasteiger partial charge in [-0.25, -0.2) is 4.79 Å². The summed E-state index contributed by atoms with van der Waals surface area (Å²) in [7, 11) is 0. The SMILES string of the molecule is CC(C)(C)OCCN(CC(=O)OCc1ccccc1)C(=O)OCC1c2ccccc2-c2ccccc21. The molecule has 0 saturated carbocycles. The first-order chi connectivity index (χ1) is 17.3. The van der Waals surface area contributed by atoms with Gasteiger partial charge >= 0.3 is 12.1 Å². The van der Waals surface area contributed by atoms with Gasteiger partial charge in [0.1, 0.15) is 19.8 Å². The van der Waals surface area contributed by atoms with Gasteiger partial charge in [0.05, 0.1) is 12.2 Å². The summed E-state index contributed by atoms with van der Waals surface area (Å²) >= 11 is 0. The highest BCUT2D eigenvalue weighted by Gasteiger charge is 2.30. The lowest BCUT2D eigenvalue weighted by atomic mass is 9.98. The molecule has 6 heteroatoms. The van der Waals surface area contributed by atoms with Crippen molar-refractivity contribution in [1.82, 2.24) is 4.90 Å². The van der Waals surface area contributed by atoms with E-state index >= 15 is 0 Å². The van der Waals surface area contributed by atoms with Gasteiger partial charge in [0.2, 0.25) is 0 Å². The Morgan fingerprint density at radius 1 is 0.806 bits per heavy atom. The number of fused-ring (bicyclic) bond motifs is 3. The van der Waals surface area contributed by atoms with E-state index in [0.717, 1.165) is 27.8 Å². The molecule has 3 aromatic carbocycles. The highest BCUT2D eigenvalue weighted by molar-refractivity contribution is 5.80. The van der Waals surface area contributed by atoms with Crippen LogP contribution in [0.25, 0.3) is 11.1 Å². The van der Waals surface area contributed by atoms with Crippen LogP contribution in [0.4, 0.5) is 4.79 Å². The van der Waals surface area contributed by atoms with Gasteiger partial charge in [0, 0.05) is 12.5 Å². The van der Waals surface area contributed by atoms with Crippen molar-refractivity contribution in [1.29, 1.82) is 0 Å². The minimum absolute atomic E-state index is 0.0564. The largest absolute Gasteiger partial charge is 0.459 e. The van der Waals surface area contributed by atoms with Crippen molar-refractivity contribution >= 4 is 12.1 Å². The Bertz CT molecular complexity index is 1140. The zero-order valence-electron chi connectivity index (χ0n) is 21.1. The third-order valence-electron chi connectivity index (χ3n) is 6.05.